The Morgan fingerprint density at radius 3 is 2.61 bits per heavy atom. The zero-order valence-corrected chi connectivity index (χ0v) is 20.6. The monoisotopic (exact) mass is 494 g/mol. The summed E-state index contributed by atoms with van der Waals surface area (Å²) in [5.41, 5.74) is 2.41. The van der Waals surface area contributed by atoms with Crippen molar-refractivity contribution in [2.75, 3.05) is 26.3 Å². The van der Waals surface area contributed by atoms with Crippen LogP contribution in [0.25, 0.3) is 0 Å². The summed E-state index contributed by atoms with van der Waals surface area (Å²) in [6.07, 6.45) is 3.02. The van der Waals surface area contributed by atoms with E-state index in [1.807, 2.05) is 19.9 Å². The SMILES string of the molecule is Cc1cc(C(=O)COC(=O)C2CCN(S(=O)(=O)c3cccs3)CC2)c(C)n1C[C@H]1CCCO1. The van der Waals surface area contributed by atoms with E-state index >= 15 is 0 Å². The summed E-state index contributed by atoms with van der Waals surface area (Å²) in [7, 11) is -3.51. The molecule has 2 aliphatic rings. The van der Waals surface area contributed by atoms with Crippen molar-refractivity contribution in [3.8, 4) is 0 Å². The van der Waals surface area contributed by atoms with E-state index in [1.165, 1.54) is 15.6 Å². The topological polar surface area (TPSA) is 94.9 Å². The molecule has 0 unspecified atom stereocenters. The first-order valence-corrected chi connectivity index (χ1v) is 13.6. The molecule has 4 rings (SSSR count). The van der Waals surface area contributed by atoms with Crippen LogP contribution in [0.2, 0.25) is 0 Å². The van der Waals surface area contributed by atoms with E-state index in [2.05, 4.69) is 4.57 Å². The first kappa shape index (κ1) is 24.1. The minimum Gasteiger partial charge on any atom is -0.457 e. The summed E-state index contributed by atoms with van der Waals surface area (Å²) < 4.78 is 40.1. The van der Waals surface area contributed by atoms with Crippen LogP contribution in [0.1, 0.15) is 47.4 Å². The van der Waals surface area contributed by atoms with Crippen LogP contribution in [0, 0.1) is 19.8 Å². The molecular weight excluding hydrogens is 464 g/mol. The molecule has 2 aromatic heterocycles. The molecule has 2 aliphatic heterocycles. The molecule has 0 aliphatic carbocycles. The summed E-state index contributed by atoms with van der Waals surface area (Å²) in [4.78, 5) is 25.3. The summed E-state index contributed by atoms with van der Waals surface area (Å²) in [6, 6.07) is 5.14. The summed E-state index contributed by atoms with van der Waals surface area (Å²) in [5, 5.41) is 1.73. The van der Waals surface area contributed by atoms with Crippen molar-refractivity contribution in [3.63, 3.8) is 0 Å². The van der Waals surface area contributed by atoms with Crippen molar-refractivity contribution in [3.05, 3.63) is 40.5 Å². The molecule has 0 amide bonds. The molecule has 0 N–H and O–H groups in total. The molecule has 33 heavy (non-hydrogen) atoms. The maximum absolute atomic E-state index is 12.8. The molecule has 10 heteroatoms. The Balaban J connectivity index is 1.29. The van der Waals surface area contributed by atoms with Gasteiger partial charge < -0.3 is 14.0 Å². The third kappa shape index (κ3) is 5.24. The lowest BCUT2D eigenvalue weighted by atomic mass is 9.98. The fourth-order valence-corrected chi connectivity index (χ4v) is 7.17. The van der Waals surface area contributed by atoms with Crippen LogP contribution >= 0.6 is 11.3 Å². The Kier molecular flexibility index (Phi) is 7.37. The molecule has 0 radical (unpaired) electrons. The highest BCUT2D eigenvalue weighted by Gasteiger charge is 2.33. The van der Waals surface area contributed by atoms with Gasteiger partial charge in [0, 0.05) is 43.2 Å². The number of esters is 1. The highest BCUT2D eigenvalue weighted by Crippen LogP contribution is 2.27. The molecule has 180 valence electrons. The van der Waals surface area contributed by atoms with Gasteiger partial charge in [-0.15, -0.1) is 11.3 Å². The predicted molar refractivity (Wildman–Crippen MR) is 124 cm³/mol. The van der Waals surface area contributed by atoms with Gasteiger partial charge in [0.05, 0.1) is 12.0 Å². The number of nitrogens with zero attached hydrogens (tertiary/aromatic N) is 2. The molecular formula is C23H30N2O6S2. The highest BCUT2D eigenvalue weighted by atomic mass is 32.2. The van der Waals surface area contributed by atoms with Crippen molar-refractivity contribution in [2.24, 2.45) is 5.92 Å². The van der Waals surface area contributed by atoms with Crippen molar-refractivity contribution in [2.45, 2.75) is 56.4 Å². The van der Waals surface area contributed by atoms with Crippen LogP contribution < -0.4 is 0 Å². The second-order valence-electron chi connectivity index (χ2n) is 8.67. The smallest absolute Gasteiger partial charge is 0.309 e. The van der Waals surface area contributed by atoms with Gasteiger partial charge in [0.15, 0.2) is 6.61 Å². The summed E-state index contributed by atoms with van der Waals surface area (Å²) >= 11 is 1.18. The average molecular weight is 495 g/mol. The molecule has 2 fully saturated rings. The maximum Gasteiger partial charge on any atom is 0.309 e. The van der Waals surface area contributed by atoms with Gasteiger partial charge in [-0.2, -0.15) is 4.31 Å². The van der Waals surface area contributed by atoms with E-state index in [9.17, 15) is 18.0 Å². The Hall–Kier alpha value is -2.01. The predicted octanol–water partition coefficient (Wildman–Crippen LogP) is 3.17. The van der Waals surface area contributed by atoms with E-state index < -0.39 is 21.9 Å². The van der Waals surface area contributed by atoms with Gasteiger partial charge in [0.2, 0.25) is 5.78 Å². The van der Waals surface area contributed by atoms with Crippen molar-refractivity contribution in [1.82, 2.24) is 8.87 Å². The number of sulfonamides is 1. The number of ether oxygens (including phenoxy) is 2. The first-order chi connectivity index (χ1) is 15.8. The summed E-state index contributed by atoms with van der Waals surface area (Å²) in [5.74, 6) is -1.07. The van der Waals surface area contributed by atoms with E-state index in [0.29, 0.717) is 22.6 Å². The number of aryl methyl sites for hydroxylation is 1. The van der Waals surface area contributed by atoms with E-state index in [1.54, 1.807) is 17.5 Å². The fraction of sp³-hybridized carbons (Fsp3) is 0.565. The Labute approximate surface area is 198 Å². The molecule has 2 aromatic rings. The van der Waals surface area contributed by atoms with Crippen LogP contribution in [-0.2, 0) is 30.8 Å². The number of ketones is 1. The van der Waals surface area contributed by atoms with E-state index in [0.717, 1.165) is 37.4 Å². The normalized spacial score (nSPS) is 20.2. The number of rotatable bonds is 8. The second-order valence-corrected chi connectivity index (χ2v) is 11.8. The molecule has 4 heterocycles. The van der Waals surface area contributed by atoms with Crippen LogP contribution in [0.4, 0.5) is 0 Å². The number of carbonyl (C=O) groups is 2. The minimum absolute atomic E-state index is 0.171. The van der Waals surface area contributed by atoms with Gasteiger partial charge in [-0.25, -0.2) is 8.42 Å². The number of aromatic nitrogens is 1. The molecule has 1 atom stereocenters. The molecule has 0 bridgehead atoms. The van der Waals surface area contributed by atoms with Crippen LogP contribution in [0.15, 0.2) is 27.8 Å². The van der Waals surface area contributed by atoms with Crippen molar-refractivity contribution in [1.29, 1.82) is 0 Å². The zero-order chi connectivity index (χ0) is 23.6. The van der Waals surface area contributed by atoms with Gasteiger partial charge >= 0.3 is 5.97 Å². The Bertz CT molecular complexity index is 1090. The van der Waals surface area contributed by atoms with Gasteiger partial charge in [-0.1, -0.05) is 6.07 Å². The zero-order valence-electron chi connectivity index (χ0n) is 19.0. The Morgan fingerprint density at radius 1 is 1.21 bits per heavy atom. The minimum atomic E-state index is -3.51. The quantitative estimate of drug-likeness (QED) is 0.413. The lowest BCUT2D eigenvalue weighted by molar-refractivity contribution is -0.148. The second kappa shape index (κ2) is 10.1. The third-order valence-corrected chi connectivity index (χ3v) is 9.78. The van der Waals surface area contributed by atoms with Crippen LogP contribution in [-0.4, -0.2) is 61.4 Å². The number of Topliss-reactive ketones (excluding diaryl/α,β-unsaturated/α-hetero) is 1. The largest absolute Gasteiger partial charge is 0.457 e. The van der Waals surface area contributed by atoms with Crippen molar-refractivity contribution >= 4 is 33.1 Å². The lowest BCUT2D eigenvalue weighted by Crippen LogP contribution is -2.40. The molecule has 0 aromatic carbocycles. The first-order valence-electron chi connectivity index (χ1n) is 11.3. The maximum atomic E-state index is 12.8. The van der Waals surface area contributed by atoms with Gasteiger partial charge in [0.1, 0.15) is 4.21 Å². The highest BCUT2D eigenvalue weighted by molar-refractivity contribution is 7.91. The average Bonchev–Trinajstić information content (AvgIpc) is 3.57. The number of thiophene rings is 1. The van der Waals surface area contributed by atoms with Gasteiger partial charge in [-0.3, -0.25) is 9.59 Å². The molecule has 0 saturated carbocycles. The number of carbonyl (C=O) groups excluding carboxylic acids is 2. The summed E-state index contributed by atoms with van der Waals surface area (Å²) in [6.45, 7) is 5.58. The van der Waals surface area contributed by atoms with Gasteiger partial charge in [0.25, 0.3) is 10.0 Å². The standard InChI is InChI=1S/C23H30N2O6S2/c1-16-13-20(17(2)25(16)14-19-5-3-11-30-19)21(26)15-31-23(27)18-7-9-24(10-8-18)33(28,29)22-6-4-12-32-22/h4,6,12-13,18-19H,3,5,7-11,14-15H2,1-2H3/t19-/m1/s1. The van der Waals surface area contributed by atoms with E-state index in [-0.39, 0.29) is 31.6 Å². The van der Waals surface area contributed by atoms with Gasteiger partial charge in [-0.05, 0) is 57.0 Å². The fourth-order valence-electron chi connectivity index (χ4n) is 4.56. The van der Waals surface area contributed by atoms with E-state index in [4.69, 9.17) is 9.47 Å². The number of piperidine rings is 1. The van der Waals surface area contributed by atoms with Crippen LogP contribution in [0.3, 0.4) is 0 Å². The third-order valence-electron chi connectivity index (χ3n) is 6.51. The van der Waals surface area contributed by atoms with Crippen molar-refractivity contribution < 1.29 is 27.5 Å². The Morgan fingerprint density at radius 2 is 1.97 bits per heavy atom. The molecule has 0 spiro atoms. The number of hydrogen-bond donors (Lipinski definition) is 0. The number of hydrogen-bond acceptors (Lipinski definition) is 7. The molecule has 2 saturated heterocycles. The molecule has 8 nitrogen and oxygen atoms in total. The lowest BCUT2D eigenvalue weighted by Gasteiger charge is -2.29. The van der Waals surface area contributed by atoms with Crippen LogP contribution in [0.5, 0.6) is 0 Å².